The lowest BCUT2D eigenvalue weighted by Crippen LogP contribution is -2.23. The third-order valence-electron chi connectivity index (χ3n) is 8.42. The Morgan fingerprint density at radius 2 is 0.920 bits per heavy atom. The molecule has 0 saturated heterocycles. The molecule has 0 fully saturated rings. The number of aryl methyl sites for hydroxylation is 2. The first-order valence-electron chi connectivity index (χ1n) is 15.6. The second-order valence-corrected chi connectivity index (χ2v) is 13.5. The summed E-state index contributed by atoms with van der Waals surface area (Å²) >= 11 is 0. The van der Waals surface area contributed by atoms with Gasteiger partial charge in [-0.25, -0.2) is 9.59 Å². The van der Waals surface area contributed by atoms with E-state index < -0.39 is 11.9 Å². The van der Waals surface area contributed by atoms with Crippen molar-refractivity contribution in [2.75, 3.05) is 14.2 Å². The molecule has 6 aromatic rings. The van der Waals surface area contributed by atoms with E-state index in [9.17, 15) is 19.2 Å². The molecule has 10 nitrogen and oxygen atoms in total. The first-order valence-corrected chi connectivity index (χ1v) is 17.8. The van der Waals surface area contributed by atoms with Crippen molar-refractivity contribution >= 4 is 67.1 Å². The van der Waals surface area contributed by atoms with Crippen molar-refractivity contribution in [1.82, 2.24) is 19.8 Å². The molecule has 0 spiro atoms. The number of carbonyl (C=O) groups excluding carboxylic acids is 4. The zero-order valence-corrected chi connectivity index (χ0v) is 29.4. The normalized spacial score (nSPS) is 11.0. The zero-order chi connectivity index (χ0) is 35.4. The minimum Gasteiger partial charge on any atom is -0.465 e. The fourth-order valence-electron chi connectivity index (χ4n) is 5.75. The summed E-state index contributed by atoms with van der Waals surface area (Å²) in [6.07, 6.45) is 0. The van der Waals surface area contributed by atoms with Crippen molar-refractivity contribution in [2.45, 2.75) is 23.1 Å². The number of amides is 2. The topological polar surface area (TPSA) is 121 Å². The first-order chi connectivity index (χ1) is 24.2. The maximum absolute atomic E-state index is 13.9. The molecule has 4 aromatic carbocycles. The molecule has 0 bridgehead atoms. The van der Waals surface area contributed by atoms with Crippen LogP contribution in [0.5, 0.6) is 0 Å². The van der Waals surface area contributed by atoms with Crippen molar-refractivity contribution in [2.24, 2.45) is 14.1 Å². The van der Waals surface area contributed by atoms with E-state index in [2.05, 4.69) is 10.6 Å². The Kier molecular flexibility index (Phi) is 10.3. The van der Waals surface area contributed by atoms with E-state index >= 15 is 0 Å². The van der Waals surface area contributed by atoms with Crippen LogP contribution in [0.25, 0.3) is 21.8 Å². The molecule has 2 N–H and O–H groups in total. The number of nitrogens with zero attached hydrogens (tertiary/aromatic N) is 2. The number of nitrogens with one attached hydrogen (secondary N) is 2. The number of esters is 2. The highest BCUT2D eigenvalue weighted by Crippen LogP contribution is 2.45. The number of hydrogen-bond acceptors (Lipinski definition) is 8. The van der Waals surface area contributed by atoms with E-state index in [0.29, 0.717) is 22.3 Å². The van der Waals surface area contributed by atoms with Crippen LogP contribution >= 0.6 is 21.6 Å². The summed E-state index contributed by atoms with van der Waals surface area (Å²) in [4.78, 5) is 51.4. The predicted molar refractivity (Wildman–Crippen MR) is 195 cm³/mol. The largest absolute Gasteiger partial charge is 0.465 e. The van der Waals surface area contributed by atoms with E-state index in [1.54, 1.807) is 48.5 Å². The molecule has 0 aliphatic heterocycles. The van der Waals surface area contributed by atoms with Gasteiger partial charge < -0.3 is 29.2 Å². The lowest BCUT2D eigenvalue weighted by molar-refractivity contribution is 0.0592. The highest BCUT2D eigenvalue weighted by Gasteiger charge is 2.26. The Balaban J connectivity index is 1.26. The Bertz CT molecular complexity index is 2080. The molecular weight excluding hydrogens is 673 g/mol. The summed E-state index contributed by atoms with van der Waals surface area (Å²) in [6.45, 7) is 0.527. The lowest BCUT2D eigenvalue weighted by atomic mass is 10.1. The van der Waals surface area contributed by atoms with Crippen LogP contribution < -0.4 is 10.6 Å². The van der Waals surface area contributed by atoms with E-state index in [0.717, 1.165) is 43.0 Å². The number of methoxy groups -OCH3 is 2. The summed E-state index contributed by atoms with van der Waals surface area (Å²) in [5.41, 5.74) is 5.40. The van der Waals surface area contributed by atoms with Gasteiger partial charge in [-0.05, 0) is 69.1 Å². The summed E-state index contributed by atoms with van der Waals surface area (Å²) in [5, 5.41) is 9.17. The lowest BCUT2D eigenvalue weighted by Gasteiger charge is -2.11. The van der Waals surface area contributed by atoms with Crippen molar-refractivity contribution < 1.29 is 28.7 Å². The Hall–Kier alpha value is -5.46. The van der Waals surface area contributed by atoms with Gasteiger partial charge >= 0.3 is 11.9 Å². The highest BCUT2D eigenvalue weighted by molar-refractivity contribution is 8.76. The molecular formula is C38H34N4O6S2. The first kappa shape index (κ1) is 34.4. The summed E-state index contributed by atoms with van der Waals surface area (Å²) < 4.78 is 13.5. The van der Waals surface area contributed by atoms with Crippen LogP contribution in [0.4, 0.5) is 0 Å². The zero-order valence-electron chi connectivity index (χ0n) is 27.8. The average molecular weight is 707 g/mol. The number of ether oxygens (including phenoxy) is 2. The van der Waals surface area contributed by atoms with Gasteiger partial charge in [-0.15, -0.1) is 0 Å². The molecule has 0 aliphatic rings. The molecule has 0 aliphatic carbocycles. The van der Waals surface area contributed by atoms with Crippen LogP contribution in [-0.2, 0) is 36.7 Å². The minimum atomic E-state index is -0.422. The second kappa shape index (κ2) is 15.0. The standard InChI is InChI=1S/C38H34N4O6S2/c1-41-29-11-7-5-9-27(29)31(33(43)39-21-23-13-17-25(18-14-23)37(45)47-3)35(41)49-50-36-32(28-10-6-8-12-30(28)42(36)2)34(44)40-22-24-15-19-26(20-16-24)38(46)48-4/h5-20H,21-22H2,1-4H3,(H,39,43)(H,40,44). The Labute approximate surface area is 296 Å². The number of fused-ring (bicyclic) bond motifs is 2. The molecule has 0 unspecified atom stereocenters. The summed E-state index contributed by atoms with van der Waals surface area (Å²) in [7, 11) is 9.35. The third-order valence-corrected chi connectivity index (χ3v) is 11.0. The fourth-order valence-corrected chi connectivity index (χ4v) is 8.54. The third kappa shape index (κ3) is 6.85. The number of hydrogen-bond donors (Lipinski definition) is 2. The van der Waals surface area contributed by atoms with Gasteiger partial charge in [-0.1, -0.05) is 60.7 Å². The molecule has 6 rings (SSSR count). The van der Waals surface area contributed by atoms with E-state index in [1.165, 1.54) is 35.8 Å². The molecule has 2 heterocycles. The van der Waals surface area contributed by atoms with Crippen LogP contribution in [0.1, 0.15) is 52.6 Å². The van der Waals surface area contributed by atoms with Gasteiger partial charge in [-0.2, -0.15) is 0 Å². The molecule has 2 aromatic heterocycles. The van der Waals surface area contributed by atoms with E-state index in [1.807, 2.05) is 71.8 Å². The molecule has 0 saturated carbocycles. The Morgan fingerprint density at radius 3 is 1.28 bits per heavy atom. The smallest absolute Gasteiger partial charge is 0.337 e. The van der Waals surface area contributed by atoms with Crippen LogP contribution in [-0.4, -0.2) is 47.1 Å². The quantitative estimate of drug-likeness (QED) is 0.110. The van der Waals surface area contributed by atoms with Gasteiger partial charge in [0.2, 0.25) is 0 Å². The summed E-state index contributed by atoms with van der Waals surface area (Å²) in [6, 6.07) is 29.3. The fraction of sp³-hybridized carbons (Fsp3) is 0.158. The van der Waals surface area contributed by atoms with Crippen LogP contribution in [0, 0.1) is 0 Å². The van der Waals surface area contributed by atoms with Crippen molar-refractivity contribution in [3.8, 4) is 0 Å². The van der Waals surface area contributed by atoms with Crippen molar-refractivity contribution in [3.05, 3.63) is 130 Å². The molecule has 254 valence electrons. The van der Waals surface area contributed by atoms with Gasteiger partial charge in [0, 0.05) is 49.0 Å². The molecule has 12 heteroatoms. The van der Waals surface area contributed by atoms with E-state index in [-0.39, 0.29) is 24.9 Å². The van der Waals surface area contributed by atoms with E-state index in [4.69, 9.17) is 9.47 Å². The summed E-state index contributed by atoms with van der Waals surface area (Å²) in [5.74, 6) is -1.33. The Morgan fingerprint density at radius 1 is 0.560 bits per heavy atom. The maximum atomic E-state index is 13.9. The molecule has 2 amide bonds. The highest BCUT2D eigenvalue weighted by atomic mass is 33.1. The van der Waals surface area contributed by atoms with Gasteiger partial charge in [0.05, 0.1) is 46.5 Å². The van der Waals surface area contributed by atoms with Crippen LogP contribution in [0.15, 0.2) is 107 Å². The second-order valence-electron chi connectivity index (χ2n) is 11.4. The van der Waals surface area contributed by atoms with Crippen LogP contribution in [0.2, 0.25) is 0 Å². The van der Waals surface area contributed by atoms with Crippen molar-refractivity contribution in [1.29, 1.82) is 0 Å². The minimum absolute atomic E-state index is 0.241. The van der Waals surface area contributed by atoms with Gasteiger partial charge in [0.25, 0.3) is 11.8 Å². The molecule has 0 radical (unpaired) electrons. The van der Waals surface area contributed by atoms with Gasteiger partial charge in [0.15, 0.2) is 0 Å². The average Bonchev–Trinajstić information content (AvgIpc) is 3.61. The monoisotopic (exact) mass is 706 g/mol. The van der Waals surface area contributed by atoms with Gasteiger partial charge in [0.1, 0.15) is 0 Å². The van der Waals surface area contributed by atoms with Crippen molar-refractivity contribution in [3.63, 3.8) is 0 Å². The number of aromatic nitrogens is 2. The SMILES string of the molecule is COC(=O)c1ccc(CNC(=O)c2c(SSc3c(C(=O)NCc4ccc(C(=O)OC)cc4)c4ccccc4n3C)n(C)c3ccccc23)cc1. The number of rotatable bonds is 11. The maximum Gasteiger partial charge on any atom is 0.337 e. The predicted octanol–water partition coefficient (Wildman–Crippen LogP) is 6.90. The molecule has 50 heavy (non-hydrogen) atoms. The van der Waals surface area contributed by atoms with Crippen LogP contribution in [0.3, 0.4) is 0 Å². The molecule has 0 atom stereocenters. The number of benzene rings is 4. The number of para-hydroxylation sites is 2. The van der Waals surface area contributed by atoms with Gasteiger partial charge in [-0.3, -0.25) is 9.59 Å². The number of carbonyl (C=O) groups is 4.